The lowest BCUT2D eigenvalue weighted by Crippen LogP contribution is -2.27. The molecule has 0 heterocycles. The third-order valence-corrected chi connectivity index (χ3v) is 3.67. The molecule has 24 heavy (non-hydrogen) atoms. The van der Waals surface area contributed by atoms with Crippen molar-refractivity contribution in [2.75, 3.05) is 19.8 Å². The van der Waals surface area contributed by atoms with Gasteiger partial charge in [0.15, 0.2) is 8.32 Å². The standard InChI is InChI=1S/C14H17F5O4Si/c1-24(2,3)22-7-6-21-5-4-8(20)23-14-12(18)10(16)9(15)11(17)13(14)19/h4-7H2,1-3H3. The van der Waals surface area contributed by atoms with Gasteiger partial charge in [-0.1, -0.05) is 0 Å². The van der Waals surface area contributed by atoms with Crippen molar-refractivity contribution in [3.8, 4) is 5.75 Å². The van der Waals surface area contributed by atoms with Crippen molar-refractivity contribution in [1.29, 1.82) is 0 Å². The van der Waals surface area contributed by atoms with Gasteiger partial charge in [-0.25, -0.2) is 13.2 Å². The molecular weight excluding hydrogens is 355 g/mol. The molecule has 136 valence electrons. The Balaban J connectivity index is 2.49. The summed E-state index contributed by atoms with van der Waals surface area (Å²) >= 11 is 0. The second kappa shape index (κ2) is 8.54. The van der Waals surface area contributed by atoms with Gasteiger partial charge < -0.3 is 13.9 Å². The molecule has 1 aromatic carbocycles. The molecule has 0 atom stereocenters. The number of carbonyl (C=O) groups excluding carboxylic acids is 1. The molecule has 0 bridgehead atoms. The maximum absolute atomic E-state index is 13.3. The fourth-order valence-corrected chi connectivity index (χ4v) is 2.20. The monoisotopic (exact) mass is 372 g/mol. The summed E-state index contributed by atoms with van der Waals surface area (Å²) in [5.74, 6) is -13.9. The Morgan fingerprint density at radius 1 is 0.833 bits per heavy atom. The highest BCUT2D eigenvalue weighted by atomic mass is 28.4. The van der Waals surface area contributed by atoms with Crippen LogP contribution in [0.3, 0.4) is 0 Å². The third-order valence-electron chi connectivity index (χ3n) is 2.60. The van der Waals surface area contributed by atoms with Crippen LogP contribution in [-0.2, 0) is 14.0 Å². The minimum absolute atomic E-state index is 0.150. The highest BCUT2D eigenvalue weighted by Crippen LogP contribution is 2.29. The molecule has 4 nitrogen and oxygen atoms in total. The van der Waals surface area contributed by atoms with Gasteiger partial charge in [0.25, 0.3) is 0 Å². The molecule has 0 saturated carbocycles. The molecule has 0 aliphatic rings. The van der Waals surface area contributed by atoms with E-state index in [0.29, 0.717) is 6.61 Å². The largest absolute Gasteiger partial charge is 0.420 e. The number of ether oxygens (including phenoxy) is 2. The van der Waals surface area contributed by atoms with E-state index in [1.165, 1.54) is 0 Å². The predicted octanol–water partition coefficient (Wildman–Crippen LogP) is 3.55. The summed E-state index contributed by atoms with van der Waals surface area (Å²) in [5.41, 5.74) is 0. The summed E-state index contributed by atoms with van der Waals surface area (Å²) in [6, 6.07) is 0. The molecule has 1 aromatic rings. The van der Waals surface area contributed by atoms with Crippen molar-refractivity contribution in [1.82, 2.24) is 0 Å². The first-order chi connectivity index (χ1) is 11.0. The summed E-state index contributed by atoms with van der Waals surface area (Å²) in [5, 5.41) is 0. The summed E-state index contributed by atoms with van der Waals surface area (Å²) < 4.78 is 80.2. The van der Waals surface area contributed by atoms with Crippen LogP contribution in [0.2, 0.25) is 19.6 Å². The van der Waals surface area contributed by atoms with Gasteiger partial charge in [-0.3, -0.25) is 4.79 Å². The van der Waals surface area contributed by atoms with Gasteiger partial charge in [-0.2, -0.15) is 8.78 Å². The number of carbonyl (C=O) groups is 1. The van der Waals surface area contributed by atoms with Gasteiger partial charge in [0.1, 0.15) is 0 Å². The Morgan fingerprint density at radius 2 is 1.33 bits per heavy atom. The van der Waals surface area contributed by atoms with Crippen LogP contribution in [-0.4, -0.2) is 34.1 Å². The van der Waals surface area contributed by atoms with E-state index in [-0.39, 0.29) is 13.2 Å². The average Bonchev–Trinajstić information content (AvgIpc) is 2.50. The van der Waals surface area contributed by atoms with E-state index in [2.05, 4.69) is 4.74 Å². The minimum Gasteiger partial charge on any atom is -0.420 e. The summed E-state index contributed by atoms with van der Waals surface area (Å²) in [4.78, 5) is 11.4. The molecule has 0 radical (unpaired) electrons. The first kappa shape index (κ1) is 20.5. The summed E-state index contributed by atoms with van der Waals surface area (Å²) in [7, 11) is -1.67. The van der Waals surface area contributed by atoms with Crippen molar-refractivity contribution in [3.63, 3.8) is 0 Å². The summed E-state index contributed by atoms with van der Waals surface area (Å²) in [6.45, 7) is 6.31. The third kappa shape index (κ3) is 5.84. The van der Waals surface area contributed by atoms with E-state index in [9.17, 15) is 26.7 Å². The molecular formula is C14H17F5O4Si. The molecule has 0 N–H and O–H groups in total. The van der Waals surface area contributed by atoms with Crippen LogP contribution in [0.25, 0.3) is 0 Å². The Labute approximate surface area is 136 Å². The zero-order valence-corrected chi connectivity index (χ0v) is 14.4. The van der Waals surface area contributed by atoms with Gasteiger partial charge in [0.05, 0.1) is 26.2 Å². The molecule has 10 heteroatoms. The Morgan fingerprint density at radius 3 is 1.83 bits per heavy atom. The molecule has 0 aliphatic carbocycles. The van der Waals surface area contributed by atoms with Gasteiger partial charge in [0.2, 0.25) is 34.8 Å². The average molecular weight is 372 g/mol. The van der Waals surface area contributed by atoms with Crippen LogP contribution in [0.4, 0.5) is 22.0 Å². The first-order valence-corrected chi connectivity index (χ1v) is 10.4. The van der Waals surface area contributed by atoms with Gasteiger partial charge >= 0.3 is 5.97 Å². The van der Waals surface area contributed by atoms with Crippen LogP contribution in [0.1, 0.15) is 6.42 Å². The molecule has 0 fully saturated rings. The molecule has 0 saturated heterocycles. The van der Waals surface area contributed by atoms with Crippen molar-refractivity contribution < 1.29 is 40.6 Å². The SMILES string of the molecule is C[Si](C)(C)OCCOCCC(=O)Oc1c(F)c(F)c(F)c(F)c1F. The highest BCUT2D eigenvalue weighted by molar-refractivity contribution is 6.69. The smallest absolute Gasteiger partial charge is 0.313 e. The Kier molecular flexibility index (Phi) is 7.30. The second-order valence-electron chi connectivity index (χ2n) is 5.70. The first-order valence-electron chi connectivity index (χ1n) is 6.98. The fourth-order valence-electron chi connectivity index (χ4n) is 1.50. The Hall–Kier alpha value is -1.52. The van der Waals surface area contributed by atoms with Crippen molar-refractivity contribution in [2.24, 2.45) is 0 Å². The van der Waals surface area contributed by atoms with Crippen LogP contribution in [0.5, 0.6) is 5.75 Å². The van der Waals surface area contributed by atoms with E-state index in [1.807, 2.05) is 19.6 Å². The Bertz CT molecular complexity index is 575. The van der Waals surface area contributed by atoms with Crippen molar-refractivity contribution >= 4 is 14.3 Å². The van der Waals surface area contributed by atoms with Gasteiger partial charge in [0, 0.05) is 0 Å². The number of halogens is 5. The summed E-state index contributed by atoms with van der Waals surface area (Å²) in [6.07, 6.45) is -0.424. The van der Waals surface area contributed by atoms with E-state index < -0.39 is 55.5 Å². The second-order valence-corrected chi connectivity index (χ2v) is 10.2. The van der Waals surface area contributed by atoms with Crippen molar-refractivity contribution in [2.45, 2.75) is 26.1 Å². The molecule has 1 rings (SSSR count). The van der Waals surface area contributed by atoms with E-state index in [0.717, 1.165) is 0 Å². The zero-order chi connectivity index (χ0) is 18.5. The molecule has 0 amide bonds. The van der Waals surface area contributed by atoms with Crippen LogP contribution in [0, 0.1) is 29.1 Å². The normalized spacial score (nSPS) is 11.7. The van der Waals surface area contributed by atoms with E-state index in [4.69, 9.17) is 9.16 Å². The fraction of sp³-hybridized carbons (Fsp3) is 0.500. The minimum atomic E-state index is -2.32. The lowest BCUT2D eigenvalue weighted by Gasteiger charge is -2.16. The number of benzene rings is 1. The van der Waals surface area contributed by atoms with E-state index >= 15 is 0 Å². The molecule has 0 aliphatic heterocycles. The zero-order valence-electron chi connectivity index (χ0n) is 13.4. The predicted molar refractivity (Wildman–Crippen MR) is 76.6 cm³/mol. The number of rotatable bonds is 8. The van der Waals surface area contributed by atoms with Crippen LogP contribution < -0.4 is 4.74 Å². The molecule has 0 unspecified atom stereocenters. The van der Waals surface area contributed by atoms with Gasteiger partial charge in [-0.05, 0) is 19.6 Å². The topological polar surface area (TPSA) is 44.8 Å². The maximum atomic E-state index is 13.3. The lowest BCUT2D eigenvalue weighted by molar-refractivity contribution is -0.136. The quantitative estimate of drug-likeness (QED) is 0.133. The number of hydrogen-bond donors (Lipinski definition) is 0. The van der Waals surface area contributed by atoms with E-state index in [1.54, 1.807) is 0 Å². The molecule has 0 aromatic heterocycles. The van der Waals surface area contributed by atoms with Crippen molar-refractivity contribution in [3.05, 3.63) is 29.1 Å². The number of hydrogen-bond acceptors (Lipinski definition) is 4. The van der Waals surface area contributed by atoms with Crippen LogP contribution in [0.15, 0.2) is 0 Å². The highest BCUT2D eigenvalue weighted by Gasteiger charge is 2.28. The maximum Gasteiger partial charge on any atom is 0.313 e. The molecule has 0 spiro atoms. The lowest BCUT2D eigenvalue weighted by atomic mass is 10.2. The van der Waals surface area contributed by atoms with Gasteiger partial charge in [-0.15, -0.1) is 0 Å². The van der Waals surface area contributed by atoms with Crippen LogP contribution >= 0.6 is 0 Å². The number of esters is 1.